The Morgan fingerprint density at radius 3 is 2.35 bits per heavy atom. The van der Waals surface area contributed by atoms with Crippen LogP contribution >= 0.6 is 23.4 Å². The van der Waals surface area contributed by atoms with E-state index < -0.39 is 0 Å². The van der Waals surface area contributed by atoms with Crippen LogP contribution in [0.4, 0.5) is 0 Å². The monoisotopic (exact) mass is 307 g/mol. The van der Waals surface area contributed by atoms with Gasteiger partial charge in [0.15, 0.2) is 5.16 Å². The zero-order valence-electron chi connectivity index (χ0n) is 12.1. The van der Waals surface area contributed by atoms with E-state index in [-0.39, 0.29) is 6.04 Å². The number of nitrogens with zero attached hydrogens (tertiary/aromatic N) is 2. The third-order valence-corrected chi connectivity index (χ3v) is 4.42. The lowest BCUT2D eigenvalue weighted by atomic mass is 10.1. The van der Waals surface area contributed by atoms with E-state index in [4.69, 9.17) is 11.6 Å². The molecule has 0 fully saturated rings. The van der Waals surface area contributed by atoms with E-state index in [9.17, 15) is 0 Å². The third-order valence-electron chi connectivity index (χ3n) is 3.05. The van der Waals surface area contributed by atoms with E-state index in [2.05, 4.69) is 28.3 Å². The van der Waals surface area contributed by atoms with Crippen LogP contribution < -0.4 is 5.32 Å². The molecule has 0 spiro atoms. The molecule has 5 heteroatoms. The minimum Gasteiger partial charge on any atom is -0.313 e. The molecule has 1 aromatic heterocycles. The Morgan fingerprint density at radius 2 is 1.80 bits per heavy atom. The van der Waals surface area contributed by atoms with E-state index in [0.29, 0.717) is 0 Å². The van der Waals surface area contributed by atoms with Crippen molar-refractivity contribution in [2.24, 2.45) is 0 Å². The molecule has 3 nitrogen and oxygen atoms in total. The highest BCUT2D eigenvalue weighted by atomic mass is 35.5. The maximum absolute atomic E-state index is 6.36. The smallest absolute Gasteiger partial charge is 0.192 e. The lowest BCUT2D eigenvalue weighted by molar-refractivity contribution is 0.652. The largest absolute Gasteiger partial charge is 0.313 e. The van der Waals surface area contributed by atoms with Gasteiger partial charge >= 0.3 is 0 Å². The maximum Gasteiger partial charge on any atom is 0.192 e. The lowest BCUT2D eigenvalue weighted by Gasteiger charge is -2.12. The highest BCUT2D eigenvalue weighted by Crippen LogP contribution is 2.33. The fourth-order valence-corrected chi connectivity index (χ4v) is 3.05. The summed E-state index contributed by atoms with van der Waals surface area (Å²) in [5.41, 5.74) is 3.11. The van der Waals surface area contributed by atoms with Crippen molar-refractivity contribution in [2.75, 3.05) is 7.05 Å². The normalized spacial score (nSPS) is 12.4. The van der Waals surface area contributed by atoms with Gasteiger partial charge in [-0.15, -0.1) is 0 Å². The van der Waals surface area contributed by atoms with Gasteiger partial charge in [0.2, 0.25) is 0 Å². The molecule has 106 valence electrons. The van der Waals surface area contributed by atoms with Crippen molar-refractivity contribution >= 4 is 23.4 Å². The fraction of sp³-hybridized carbons (Fsp3) is 0.333. The molecule has 0 aliphatic rings. The summed E-state index contributed by atoms with van der Waals surface area (Å²) < 4.78 is 0. The number of halogens is 1. The molecule has 1 N–H and O–H groups in total. The molecule has 1 aromatic carbocycles. The SMILES string of the molecule is CNC(C)c1ccc(Sc2nc(C)cc(C)n2)c(Cl)c1. The van der Waals surface area contributed by atoms with Gasteiger partial charge < -0.3 is 5.32 Å². The standard InChI is InChI=1S/C15H18ClN3S/c1-9-7-10(2)19-15(18-9)20-14-6-5-12(8-13(14)16)11(3)17-4/h5-8,11,17H,1-4H3. The Balaban J connectivity index is 2.25. The topological polar surface area (TPSA) is 37.8 Å². The predicted molar refractivity (Wildman–Crippen MR) is 84.6 cm³/mol. The number of aryl methyl sites for hydroxylation is 2. The predicted octanol–water partition coefficient (Wildman–Crippen LogP) is 4.18. The van der Waals surface area contributed by atoms with E-state index in [1.165, 1.54) is 17.3 Å². The van der Waals surface area contributed by atoms with Crippen molar-refractivity contribution in [1.82, 2.24) is 15.3 Å². The molecule has 1 heterocycles. The Kier molecular flexibility index (Phi) is 5.02. The third kappa shape index (κ3) is 3.72. The van der Waals surface area contributed by atoms with Gasteiger partial charge in [-0.25, -0.2) is 9.97 Å². The molecule has 1 unspecified atom stereocenters. The summed E-state index contributed by atoms with van der Waals surface area (Å²) in [6, 6.07) is 8.34. The quantitative estimate of drug-likeness (QED) is 0.860. The average Bonchev–Trinajstić information content (AvgIpc) is 2.39. The number of hydrogen-bond donors (Lipinski definition) is 1. The number of nitrogens with one attached hydrogen (secondary N) is 1. The second kappa shape index (κ2) is 6.57. The Hall–Kier alpha value is -1.10. The van der Waals surface area contributed by atoms with Crippen LogP contribution in [0.2, 0.25) is 5.02 Å². The molecule has 0 radical (unpaired) electrons. The van der Waals surface area contributed by atoms with Crippen molar-refractivity contribution in [3.8, 4) is 0 Å². The number of hydrogen-bond acceptors (Lipinski definition) is 4. The van der Waals surface area contributed by atoms with Gasteiger partial charge in [0.05, 0.1) is 5.02 Å². The molecule has 2 aromatic rings. The van der Waals surface area contributed by atoms with E-state index in [1.807, 2.05) is 39.1 Å². The van der Waals surface area contributed by atoms with Crippen molar-refractivity contribution in [2.45, 2.75) is 36.9 Å². The first-order chi connectivity index (χ1) is 9.49. The summed E-state index contributed by atoms with van der Waals surface area (Å²) >= 11 is 7.85. The summed E-state index contributed by atoms with van der Waals surface area (Å²) in [7, 11) is 1.94. The van der Waals surface area contributed by atoms with Gasteiger partial charge in [0.25, 0.3) is 0 Å². The molecule has 0 aliphatic heterocycles. The number of benzene rings is 1. The van der Waals surface area contributed by atoms with Crippen molar-refractivity contribution < 1.29 is 0 Å². The average molecular weight is 308 g/mol. The first-order valence-corrected chi connectivity index (χ1v) is 7.66. The molecule has 2 rings (SSSR count). The summed E-state index contributed by atoms with van der Waals surface area (Å²) in [6.45, 7) is 6.04. The molecular weight excluding hydrogens is 290 g/mol. The molecule has 0 saturated heterocycles. The maximum atomic E-state index is 6.36. The summed E-state index contributed by atoms with van der Waals surface area (Å²) in [5.74, 6) is 0. The van der Waals surface area contributed by atoms with Gasteiger partial charge in [-0.1, -0.05) is 17.7 Å². The Bertz CT molecular complexity index is 596. The zero-order chi connectivity index (χ0) is 14.7. The van der Waals surface area contributed by atoms with Gasteiger partial charge in [-0.05, 0) is 63.3 Å². The highest BCUT2D eigenvalue weighted by Gasteiger charge is 2.09. The first kappa shape index (κ1) is 15.3. The second-order valence-electron chi connectivity index (χ2n) is 4.74. The fourth-order valence-electron chi connectivity index (χ4n) is 1.87. The molecule has 0 amide bonds. The van der Waals surface area contributed by atoms with E-state index in [1.54, 1.807) is 0 Å². The molecule has 0 bridgehead atoms. The van der Waals surface area contributed by atoms with Crippen LogP contribution in [0, 0.1) is 13.8 Å². The van der Waals surface area contributed by atoms with Crippen LogP contribution in [0.1, 0.15) is 29.9 Å². The molecule has 0 saturated carbocycles. The van der Waals surface area contributed by atoms with Crippen LogP contribution in [0.5, 0.6) is 0 Å². The van der Waals surface area contributed by atoms with Crippen LogP contribution in [0.15, 0.2) is 34.3 Å². The van der Waals surface area contributed by atoms with Crippen LogP contribution in [0.3, 0.4) is 0 Å². The number of aromatic nitrogens is 2. The lowest BCUT2D eigenvalue weighted by Crippen LogP contribution is -2.12. The first-order valence-electron chi connectivity index (χ1n) is 6.46. The van der Waals surface area contributed by atoms with Crippen molar-refractivity contribution in [3.05, 3.63) is 46.2 Å². The summed E-state index contributed by atoms with van der Waals surface area (Å²) in [6.07, 6.45) is 0. The minimum absolute atomic E-state index is 0.281. The van der Waals surface area contributed by atoms with Crippen LogP contribution in [-0.2, 0) is 0 Å². The summed E-state index contributed by atoms with van der Waals surface area (Å²) in [5, 5.41) is 4.67. The highest BCUT2D eigenvalue weighted by molar-refractivity contribution is 7.99. The molecule has 20 heavy (non-hydrogen) atoms. The van der Waals surface area contributed by atoms with Gasteiger partial charge in [0.1, 0.15) is 0 Å². The Morgan fingerprint density at radius 1 is 1.15 bits per heavy atom. The van der Waals surface area contributed by atoms with Crippen LogP contribution in [-0.4, -0.2) is 17.0 Å². The summed E-state index contributed by atoms with van der Waals surface area (Å²) in [4.78, 5) is 9.83. The molecular formula is C15H18ClN3S. The second-order valence-corrected chi connectivity index (χ2v) is 6.15. The minimum atomic E-state index is 0.281. The van der Waals surface area contributed by atoms with Crippen LogP contribution in [0.25, 0.3) is 0 Å². The van der Waals surface area contributed by atoms with Gasteiger partial charge in [-0.2, -0.15) is 0 Å². The van der Waals surface area contributed by atoms with E-state index in [0.717, 1.165) is 26.5 Å². The number of rotatable bonds is 4. The Labute approximate surface area is 129 Å². The van der Waals surface area contributed by atoms with Crippen molar-refractivity contribution in [1.29, 1.82) is 0 Å². The van der Waals surface area contributed by atoms with Gasteiger partial charge in [-0.3, -0.25) is 0 Å². The van der Waals surface area contributed by atoms with Crippen molar-refractivity contribution in [3.63, 3.8) is 0 Å². The molecule has 0 aliphatic carbocycles. The zero-order valence-corrected chi connectivity index (χ0v) is 13.6. The van der Waals surface area contributed by atoms with E-state index >= 15 is 0 Å². The molecule has 1 atom stereocenters. The van der Waals surface area contributed by atoms with Gasteiger partial charge in [0, 0.05) is 22.3 Å².